The highest BCUT2D eigenvalue weighted by Crippen LogP contribution is 2.17. The van der Waals surface area contributed by atoms with Gasteiger partial charge in [-0.05, 0) is 26.2 Å². The number of amides is 1. The molecule has 1 fully saturated rings. The van der Waals surface area contributed by atoms with Crippen LogP contribution in [0.2, 0.25) is 0 Å². The zero-order chi connectivity index (χ0) is 17.0. The highest BCUT2D eigenvalue weighted by atomic mass is 16.1. The summed E-state index contributed by atoms with van der Waals surface area (Å²) in [5, 5.41) is 3.37. The molecule has 0 aromatic heterocycles. The quantitative estimate of drug-likeness (QED) is 0.597. The number of carbonyl (C=O) groups excluding carboxylic acids is 1. The van der Waals surface area contributed by atoms with Crippen molar-refractivity contribution >= 4 is 11.9 Å². The summed E-state index contributed by atoms with van der Waals surface area (Å²) in [7, 11) is 0. The summed E-state index contributed by atoms with van der Waals surface area (Å²) in [5.74, 6) is 0.697. The first-order chi connectivity index (χ1) is 10.1. The van der Waals surface area contributed by atoms with Crippen molar-refractivity contribution in [3.63, 3.8) is 0 Å². The van der Waals surface area contributed by atoms with Gasteiger partial charge in [0.05, 0.1) is 5.54 Å². The first kappa shape index (κ1) is 18.7. The van der Waals surface area contributed by atoms with E-state index in [1.165, 1.54) is 0 Å². The molecule has 22 heavy (non-hydrogen) atoms. The molecule has 6 nitrogen and oxygen atoms in total. The molecule has 0 spiro atoms. The van der Waals surface area contributed by atoms with Gasteiger partial charge >= 0.3 is 0 Å². The van der Waals surface area contributed by atoms with Gasteiger partial charge in [0.25, 0.3) is 0 Å². The van der Waals surface area contributed by atoms with Crippen LogP contribution >= 0.6 is 0 Å². The molecule has 1 aliphatic rings. The number of piperazine rings is 1. The van der Waals surface area contributed by atoms with Crippen LogP contribution in [-0.2, 0) is 4.79 Å². The van der Waals surface area contributed by atoms with Crippen LogP contribution in [0.15, 0.2) is 4.99 Å². The van der Waals surface area contributed by atoms with E-state index in [1.807, 2.05) is 13.8 Å². The summed E-state index contributed by atoms with van der Waals surface area (Å²) < 4.78 is 0. The molecule has 1 aliphatic heterocycles. The maximum atomic E-state index is 11.6. The number of guanidine groups is 1. The summed E-state index contributed by atoms with van der Waals surface area (Å²) in [5.41, 5.74) is 5.10. The lowest BCUT2D eigenvalue weighted by Crippen LogP contribution is -2.61. The van der Waals surface area contributed by atoms with Gasteiger partial charge in [0.15, 0.2) is 5.96 Å². The molecule has 0 atom stereocenters. The van der Waals surface area contributed by atoms with Crippen molar-refractivity contribution in [1.82, 2.24) is 15.1 Å². The number of aliphatic imine (C=N–C) groups is 1. The Bertz CT molecular complexity index is 403. The summed E-state index contributed by atoms with van der Waals surface area (Å²) in [6, 6.07) is 0. The van der Waals surface area contributed by atoms with E-state index >= 15 is 0 Å². The maximum absolute atomic E-state index is 11.6. The third kappa shape index (κ3) is 5.16. The fourth-order valence-electron chi connectivity index (χ4n) is 2.37. The number of nitrogens with two attached hydrogens (primary N) is 1. The lowest BCUT2D eigenvalue weighted by molar-refractivity contribution is -0.129. The Balaban J connectivity index is 2.69. The topological polar surface area (TPSA) is 74.0 Å². The Morgan fingerprint density at radius 1 is 1.14 bits per heavy atom. The summed E-state index contributed by atoms with van der Waals surface area (Å²) in [4.78, 5) is 20.8. The van der Waals surface area contributed by atoms with E-state index < -0.39 is 5.54 Å². The Hall–Kier alpha value is -1.30. The zero-order valence-electron chi connectivity index (χ0n) is 15.1. The number of hydrogen-bond donors (Lipinski definition) is 2. The van der Waals surface area contributed by atoms with Crippen molar-refractivity contribution < 1.29 is 4.79 Å². The van der Waals surface area contributed by atoms with E-state index in [1.54, 1.807) is 0 Å². The molecule has 0 radical (unpaired) electrons. The van der Waals surface area contributed by atoms with Crippen molar-refractivity contribution in [1.29, 1.82) is 0 Å². The first-order valence-corrected chi connectivity index (χ1v) is 8.16. The van der Waals surface area contributed by atoms with Crippen LogP contribution in [0.1, 0.15) is 41.5 Å². The maximum Gasteiger partial charge on any atom is 0.237 e. The smallest absolute Gasteiger partial charge is 0.237 e. The molecule has 1 rings (SSSR count). The van der Waals surface area contributed by atoms with Crippen LogP contribution < -0.4 is 11.1 Å². The van der Waals surface area contributed by atoms with Crippen LogP contribution in [-0.4, -0.2) is 66.5 Å². The standard InChI is InChI=1S/C16H33N5O/c1-7-18-14(19-12-15(2,3)4)20-8-10-21(11-9-20)16(5,6)13(17)22/h7-12H2,1-6H3,(H2,17,22)(H,18,19). The number of hydrogen-bond acceptors (Lipinski definition) is 3. The van der Waals surface area contributed by atoms with Crippen molar-refractivity contribution in [3.05, 3.63) is 0 Å². The molecule has 6 heteroatoms. The fourth-order valence-corrected chi connectivity index (χ4v) is 2.37. The second kappa shape index (κ2) is 7.31. The Morgan fingerprint density at radius 3 is 2.09 bits per heavy atom. The van der Waals surface area contributed by atoms with Crippen molar-refractivity contribution in [2.24, 2.45) is 16.1 Å². The van der Waals surface area contributed by atoms with Gasteiger partial charge < -0.3 is 16.0 Å². The molecule has 3 N–H and O–H groups in total. The van der Waals surface area contributed by atoms with E-state index in [0.717, 1.165) is 45.2 Å². The molecule has 128 valence electrons. The van der Waals surface area contributed by atoms with Gasteiger partial charge in [-0.15, -0.1) is 0 Å². The van der Waals surface area contributed by atoms with Crippen LogP contribution in [0, 0.1) is 5.41 Å². The lowest BCUT2D eigenvalue weighted by atomic mass is 9.97. The fraction of sp³-hybridized carbons (Fsp3) is 0.875. The average Bonchev–Trinajstić information content (AvgIpc) is 2.42. The summed E-state index contributed by atoms with van der Waals surface area (Å²) in [6.07, 6.45) is 0. The molecule has 1 heterocycles. The predicted molar refractivity (Wildman–Crippen MR) is 91.9 cm³/mol. The molecular formula is C16H33N5O. The SMILES string of the molecule is CCNC(=NCC(C)(C)C)N1CCN(C(C)(C)C(N)=O)CC1. The minimum absolute atomic E-state index is 0.177. The number of nitrogens with one attached hydrogen (secondary N) is 1. The van der Waals surface area contributed by atoms with E-state index in [2.05, 4.69) is 42.8 Å². The lowest BCUT2D eigenvalue weighted by Gasteiger charge is -2.43. The summed E-state index contributed by atoms with van der Waals surface area (Å²) >= 11 is 0. The second-order valence-corrected chi connectivity index (χ2v) is 7.63. The molecule has 0 aromatic rings. The number of carbonyl (C=O) groups is 1. The number of primary amides is 1. The number of nitrogens with zero attached hydrogens (tertiary/aromatic N) is 3. The van der Waals surface area contributed by atoms with Gasteiger partial charge in [-0.1, -0.05) is 20.8 Å². The highest BCUT2D eigenvalue weighted by molar-refractivity contribution is 5.84. The van der Waals surface area contributed by atoms with Crippen LogP contribution in [0.3, 0.4) is 0 Å². The van der Waals surface area contributed by atoms with Crippen LogP contribution in [0.5, 0.6) is 0 Å². The highest BCUT2D eigenvalue weighted by Gasteiger charge is 2.35. The Morgan fingerprint density at radius 2 is 1.68 bits per heavy atom. The van der Waals surface area contributed by atoms with Crippen LogP contribution in [0.25, 0.3) is 0 Å². The molecule has 0 bridgehead atoms. The average molecular weight is 311 g/mol. The minimum Gasteiger partial charge on any atom is -0.368 e. The molecule has 1 amide bonds. The third-order valence-corrected chi connectivity index (χ3v) is 4.01. The van der Waals surface area contributed by atoms with Gasteiger partial charge in [0.2, 0.25) is 5.91 Å². The van der Waals surface area contributed by atoms with Gasteiger partial charge in [-0.25, -0.2) is 0 Å². The van der Waals surface area contributed by atoms with Gasteiger partial charge in [-0.3, -0.25) is 14.7 Å². The minimum atomic E-state index is -0.590. The Kier molecular flexibility index (Phi) is 6.23. The van der Waals surface area contributed by atoms with E-state index in [0.29, 0.717) is 0 Å². The van der Waals surface area contributed by atoms with E-state index in [-0.39, 0.29) is 11.3 Å². The molecule has 0 unspecified atom stereocenters. The van der Waals surface area contributed by atoms with Crippen molar-refractivity contribution in [3.8, 4) is 0 Å². The van der Waals surface area contributed by atoms with Crippen molar-refractivity contribution in [2.75, 3.05) is 39.3 Å². The second-order valence-electron chi connectivity index (χ2n) is 7.63. The van der Waals surface area contributed by atoms with Gasteiger partial charge in [0.1, 0.15) is 0 Å². The molecule has 0 saturated carbocycles. The van der Waals surface area contributed by atoms with E-state index in [4.69, 9.17) is 10.7 Å². The van der Waals surface area contributed by atoms with Crippen molar-refractivity contribution in [2.45, 2.75) is 47.1 Å². The largest absolute Gasteiger partial charge is 0.368 e. The zero-order valence-corrected chi connectivity index (χ0v) is 15.1. The Labute approximate surface area is 135 Å². The molecule has 0 aromatic carbocycles. The van der Waals surface area contributed by atoms with E-state index in [9.17, 15) is 4.79 Å². The van der Waals surface area contributed by atoms with Gasteiger partial charge in [-0.2, -0.15) is 0 Å². The monoisotopic (exact) mass is 311 g/mol. The molecule has 1 saturated heterocycles. The number of rotatable bonds is 4. The summed E-state index contributed by atoms with van der Waals surface area (Å²) in [6.45, 7) is 17.4. The third-order valence-electron chi connectivity index (χ3n) is 4.01. The van der Waals surface area contributed by atoms with Gasteiger partial charge in [0, 0.05) is 39.3 Å². The van der Waals surface area contributed by atoms with Crippen LogP contribution in [0.4, 0.5) is 0 Å². The molecule has 0 aliphatic carbocycles. The first-order valence-electron chi connectivity index (χ1n) is 8.16. The predicted octanol–water partition coefficient (Wildman–Crippen LogP) is 0.880. The normalized spacial score (nSPS) is 18.5. The molecular weight excluding hydrogens is 278 g/mol.